The number of aliphatic carboxylic acids is 1. The molecule has 7 nitrogen and oxygen atoms in total. The van der Waals surface area contributed by atoms with Gasteiger partial charge in [0.15, 0.2) is 11.5 Å². The van der Waals surface area contributed by atoms with E-state index >= 15 is 0 Å². The van der Waals surface area contributed by atoms with Crippen LogP contribution < -0.4 is 24.0 Å². The molecule has 1 fully saturated rings. The molecule has 0 aliphatic carbocycles. The van der Waals surface area contributed by atoms with Crippen molar-refractivity contribution in [2.24, 2.45) is 5.92 Å². The van der Waals surface area contributed by atoms with Gasteiger partial charge in [-0.15, -0.1) is 0 Å². The maximum atomic E-state index is 12.9. The average molecular weight is 545 g/mol. The van der Waals surface area contributed by atoms with E-state index in [0.29, 0.717) is 18.0 Å². The van der Waals surface area contributed by atoms with Crippen LogP contribution in [0.15, 0.2) is 66.7 Å². The number of fused-ring (bicyclic) bond motifs is 1. The number of carbonyl (C=O) groups is 1. The van der Waals surface area contributed by atoms with Crippen molar-refractivity contribution in [3.63, 3.8) is 0 Å². The number of carboxylic acid groups (broad SMARTS) is 1. The Kier molecular flexibility index (Phi) is 8.68. The lowest BCUT2D eigenvalue weighted by Crippen LogP contribution is -2.29. The van der Waals surface area contributed by atoms with Crippen LogP contribution >= 0.6 is 0 Å². The molecule has 2 aliphatic heterocycles. The molecule has 2 heterocycles. The van der Waals surface area contributed by atoms with Crippen LogP contribution in [0.4, 0.5) is 11.4 Å². The van der Waals surface area contributed by atoms with Crippen LogP contribution in [0.3, 0.4) is 0 Å². The van der Waals surface area contributed by atoms with Gasteiger partial charge in [-0.2, -0.15) is 0 Å². The normalized spacial score (nSPS) is 19.6. The van der Waals surface area contributed by atoms with Crippen molar-refractivity contribution < 1.29 is 24.1 Å². The van der Waals surface area contributed by atoms with E-state index in [2.05, 4.69) is 47.9 Å². The second-order valence-electron chi connectivity index (χ2n) is 10.7. The van der Waals surface area contributed by atoms with Crippen molar-refractivity contribution in [3.05, 3.63) is 77.9 Å². The van der Waals surface area contributed by atoms with Gasteiger partial charge in [-0.3, -0.25) is 4.79 Å². The predicted octanol–water partition coefficient (Wildman–Crippen LogP) is 6.88. The average Bonchev–Trinajstić information content (AvgIpc) is 3.62. The molecule has 5 rings (SSSR count). The highest BCUT2D eigenvalue weighted by atomic mass is 16.7. The minimum Gasteiger partial charge on any atom is -0.497 e. The first-order valence-electron chi connectivity index (χ1n) is 14.4. The third-order valence-electron chi connectivity index (χ3n) is 8.18. The zero-order valence-corrected chi connectivity index (χ0v) is 23.7. The lowest BCUT2D eigenvalue weighted by molar-refractivity contribution is -0.142. The van der Waals surface area contributed by atoms with Crippen molar-refractivity contribution in [2.75, 3.05) is 43.3 Å². The molecule has 0 aromatic heterocycles. The molecule has 212 valence electrons. The third-order valence-corrected chi connectivity index (χ3v) is 8.18. The quantitative estimate of drug-likeness (QED) is 0.267. The van der Waals surface area contributed by atoms with E-state index in [-0.39, 0.29) is 18.8 Å². The summed E-state index contributed by atoms with van der Waals surface area (Å²) in [5.74, 6) is 0.417. The zero-order chi connectivity index (χ0) is 28.1. The molecule has 3 atom stereocenters. The van der Waals surface area contributed by atoms with E-state index < -0.39 is 11.9 Å². The summed E-state index contributed by atoms with van der Waals surface area (Å²) in [5.41, 5.74) is 4.13. The van der Waals surface area contributed by atoms with E-state index in [1.54, 1.807) is 7.11 Å². The van der Waals surface area contributed by atoms with Gasteiger partial charge in [-0.25, -0.2) is 0 Å². The number of rotatable bonds is 12. The molecule has 3 unspecified atom stereocenters. The number of unbranched alkanes of at least 4 members (excludes halogenated alkanes) is 2. The van der Waals surface area contributed by atoms with Crippen molar-refractivity contribution in [2.45, 2.75) is 51.5 Å². The molecule has 40 heavy (non-hydrogen) atoms. The van der Waals surface area contributed by atoms with Gasteiger partial charge in [0.05, 0.1) is 19.1 Å². The summed E-state index contributed by atoms with van der Waals surface area (Å²) in [7, 11) is 1.64. The first-order chi connectivity index (χ1) is 19.5. The second-order valence-corrected chi connectivity index (χ2v) is 10.7. The Morgan fingerprint density at radius 1 is 0.925 bits per heavy atom. The summed E-state index contributed by atoms with van der Waals surface area (Å²) in [6.45, 7) is 7.30. The summed E-state index contributed by atoms with van der Waals surface area (Å²) in [6, 6.07) is 21.9. The topological polar surface area (TPSA) is 71.5 Å². The summed E-state index contributed by atoms with van der Waals surface area (Å²) in [4.78, 5) is 17.7. The molecular weight excluding hydrogens is 504 g/mol. The lowest BCUT2D eigenvalue weighted by atomic mass is 9.82. The van der Waals surface area contributed by atoms with Gasteiger partial charge in [-0.1, -0.05) is 44.9 Å². The SMILES string of the molecule is CCCCN(CCCC)c1ccc(N2CC(c3ccc4c(c3)OCO4)C(C(=O)O)C2c2ccc(OC)cc2)cc1. The van der Waals surface area contributed by atoms with Crippen LogP contribution in [0.25, 0.3) is 0 Å². The highest BCUT2D eigenvalue weighted by molar-refractivity contribution is 5.76. The highest BCUT2D eigenvalue weighted by Gasteiger charge is 2.47. The van der Waals surface area contributed by atoms with Gasteiger partial charge < -0.3 is 29.1 Å². The fraction of sp³-hybridized carbons (Fsp3) is 0.424. The number of hydrogen-bond donors (Lipinski definition) is 1. The van der Waals surface area contributed by atoms with Crippen molar-refractivity contribution in [1.82, 2.24) is 0 Å². The number of hydrogen-bond acceptors (Lipinski definition) is 6. The van der Waals surface area contributed by atoms with Crippen LogP contribution in [-0.2, 0) is 4.79 Å². The van der Waals surface area contributed by atoms with E-state index in [1.165, 1.54) is 5.69 Å². The number of ether oxygens (including phenoxy) is 3. The minimum absolute atomic E-state index is 0.187. The van der Waals surface area contributed by atoms with Gasteiger partial charge in [0.25, 0.3) is 0 Å². The molecule has 3 aromatic rings. The van der Waals surface area contributed by atoms with Crippen LogP contribution in [0.2, 0.25) is 0 Å². The van der Waals surface area contributed by atoms with Crippen molar-refractivity contribution in [3.8, 4) is 17.2 Å². The van der Waals surface area contributed by atoms with E-state index in [1.807, 2.05) is 42.5 Å². The number of methoxy groups -OCH3 is 1. The van der Waals surface area contributed by atoms with Crippen molar-refractivity contribution >= 4 is 17.3 Å². The maximum absolute atomic E-state index is 12.9. The summed E-state index contributed by atoms with van der Waals surface area (Å²) in [5, 5.41) is 10.6. The van der Waals surface area contributed by atoms with Gasteiger partial charge in [0.2, 0.25) is 6.79 Å². The summed E-state index contributed by atoms with van der Waals surface area (Å²) < 4.78 is 16.5. The Balaban J connectivity index is 1.51. The first kappa shape index (κ1) is 27.7. The maximum Gasteiger partial charge on any atom is 0.309 e. The molecular formula is C33H40N2O5. The molecule has 0 amide bonds. The largest absolute Gasteiger partial charge is 0.497 e. The zero-order valence-electron chi connectivity index (χ0n) is 23.7. The standard InChI is InChI=1S/C33H40N2O5/c1-4-6-18-34(19-7-5-2)25-11-13-26(14-12-25)35-21-28(24-10-17-29-30(20-24)40-22-39-29)31(33(36)37)32(35)23-8-15-27(38-3)16-9-23/h8-17,20,28,31-32H,4-7,18-19,21-22H2,1-3H3,(H,36,37). The Labute approximate surface area is 237 Å². The Bertz CT molecular complexity index is 1270. The predicted molar refractivity (Wildman–Crippen MR) is 158 cm³/mol. The fourth-order valence-corrected chi connectivity index (χ4v) is 5.99. The molecule has 0 spiro atoms. The molecule has 0 saturated carbocycles. The third kappa shape index (κ3) is 5.69. The second kappa shape index (κ2) is 12.5. The Hall–Kier alpha value is -3.87. The fourth-order valence-electron chi connectivity index (χ4n) is 5.99. The summed E-state index contributed by atoms with van der Waals surface area (Å²) >= 11 is 0. The minimum atomic E-state index is -0.812. The van der Waals surface area contributed by atoms with Gasteiger partial charge in [0.1, 0.15) is 5.75 Å². The molecule has 1 saturated heterocycles. The first-order valence-corrected chi connectivity index (χ1v) is 14.4. The van der Waals surface area contributed by atoms with Gasteiger partial charge in [-0.05, 0) is 72.5 Å². The Morgan fingerprint density at radius 2 is 1.57 bits per heavy atom. The molecule has 0 bridgehead atoms. The number of nitrogens with zero attached hydrogens (tertiary/aromatic N) is 2. The molecule has 3 aromatic carbocycles. The van der Waals surface area contributed by atoms with E-state index in [9.17, 15) is 9.90 Å². The van der Waals surface area contributed by atoms with Crippen LogP contribution in [-0.4, -0.2) is 44.6 Å². The number of carboxylic acids is 1. The van der Waals surface area contributed by atoms with Crippen LogP contribution in [0.1, 0.15) is 62.6 Å². The Morgan fingerprint density at radius 3 is 2.20 bits per heavy atom. The molecule has 1 N–H and O–H groups in total. The van der Waals surface area contributed by atoms with Gasteiger partial charge >= 0.3 is 5.97 Å². The van der Waals surface area contributed by atoms with E-state index in [4.69, 9.17) is 14.2 Å². The molecule has 0 radical (unpaired) electrons. The molecule has 7 heteroatoms. The summed E-state index contributed by atoms with van der Waals surface area (Å²) in [6.07, 6.45) is 4.65. The van der Waals surface area contributed by atoms with Crippen molar-refractivity contribution in [1.29, 1.82) is 0 Å². The van der Waals surface area contributed by atoms with E-state index in [0.717, 1.165) is 61.3 Å². The smallest absolute Gasteiger partial charge is 0.309 e. The van der Waals surface area contributed by atoms with Gasteiger partial charge in [0, 0.05) is 36.9 Å². The van der Waals surface area contributed by atoms with Crippen LogP contribution in [0.5, 0.6) is 17.2 Å². The highest BCUT2D eigenvalue weighted by Crippen LogP contribution is 2.49. The monoisotopic (exact) mass is 544 g/mol. The lowest BCUT2D eigenvalue weighted by Gasteiger charge is -2.30. The molecule has 2 aliphatic rings. The van der Waals surface area contributed by atoms with Crippen LogP contribution in [0, 0.1) is 5.92 Å². The number of anilines is 2. The number of benzene rings is 3.